The summed E-state index contributed by atoms with van der Waals surface area (Å²) in [6, 6.07) is 17.6. The number of piperazine rings is 1. The van der Waals surface area contributed by atoms with Crippen molar-refractivity contribution in [1.82, 2.24) is 30.0 Å². The summed E-state index contributed by atoms with van der Waals surface area (Å²) in [4.78, 5) is 16.9. The van der Waals surface area contributed by atoms with Crippen LogP contribution in [0.25, 0.3) is 5.69 Å². The number of benzene rings is 2. The van der Waals surface area contributed by atoms with Crippen LogP contribution in [0.5, 0.6) is 0 Å². The van der Waals surface area contributed by atoms with Crippen molar-refractivity contribution in [2.24, 2.45) is 0 Å². The minimum Gasteiger partial charge on any atom is -0.336 e. The second-order valence-electron chi connectivity index (χ2n) is 6.78. The first-order chi connectivity index (χ1) is 13.2. The molecule has 0 atom stereocenters. The fraction of sp³-hybridized carbons (Fsp3) is 0.300. The Hall–Kier alpha value is -3.06. The van der Waals surface area contributed by atoms with Gasteiger partial charge in [-0.25, -0.2) is 0 Å². The van der Waals surface area contributed by atoms with Gasteiger partial charge < -0.3 is 4.90 Å². The Bertz CT molecular complexity index is 915. The zero-order chi connectivity index (χ0) is 18.6. The first-order valence-electron chi connectivity index (χ1n) is 9.12. The molecule has 138 valence electrons. The molecule has 1 aliphatic heterocycles. The number of carbonyl (C=O) groups excluding carboxylic acids is 1. The number of amides is 1. The number of rotatable bonds is 4. The minimum absolute atomic E-state index is 0.104. The summed E-state index contributed by atoms with van der Waals surface area (Å²) in [7, 11) is 0. The molecule has 1 saturated heterocycles. The van der Waals surface area contributed by atoms with Crippen LogP contribution in [0.3, 0.4) is 0 Å². The highest BCUT2D eigenvalue weighted by atomic mass is 16.2. The molecule has 4 rings (SSSR count). The van der Waals surface area contributed by atoms with Crippen LogP contribution < -0.4 is 0 Å². The molecule has 0 aliphatic carbocycles. The Labute approximate surface area is 158 Å². The molecule has 3 aromatic rings. The van der Waals surface area contributed by atoms with Gasteiger partial charge in [-0.2, -0.15) is 4.68 Å². The number of nitrogens with zero attached hydrogens (tertiary/aromatic N) is 6. The van der Waals surface area contributed by atoms with Crippen molar-refractivity contribution in [3.05, 3.63) is 71.5 Å². The third-order valence-corrected chi connectivity index (χ3v) is 4.82. The largest absolute Gasteiger partial charge is 0.336 e. The summed E-state index contributed by atoms with van der Waals surface area (Å²) in [5, 5.41) is 12.1. The molecule has 27 heavy (non-hydrogen) atoms. The van der Waals surface area contributed by atoms with Gasteiger partial charge in [0.25, 0.3) is 5.91 Å². The summed E-state index contributed by atoms with van der Waals surface area (Å²) in [5.41, 5.74) is 2.81. The average Bonchev–Trinajstić information content (AvgIpc) is 3.17. The van der Waals surface area contributed by atoms with Crippen molar-refractivity contribution < 1.29 is 4.79 Å². The second kappa shape index (κ2) is 7.67. The molecule has 0 saturated carbocycles. The molecule has 1 fully saturated rings. The normalized spacial score (nSPS) is 15.1. The van der Waals surface area contributed by atoms with E-state index in [2.05, 4.69) is 20.4 Å². The second-order valence-corrected chi connectivity index (χ2v) is 6.78. The van der Waals surface area contributed by atoms with E-state index < -0.39 is 0 Å². The van der Waals surface area contributed by atoms with E-state index in [1.165, 1.54) is 0 Å². The fourth-order valence-corrected chi connectivity index (χ4v) is 3.34. The first-order valence-corrected chi connectivity index (χ1v) is 9.12. The molecule has 7 heteroatoms. The maximum Gasteiger partial charge on any atom is 0.253 e. The highest BCUT2D eigenvalue weighted by Crippen LogP contribution is 2.13. The standard InChI is InChI=1S/C20H22N6O/c1-16-6-5-7-17(14-16)20(27)25-12-10-24(11-13-25)15-19-21-22-23-26(19)18-8-3-2-4-9-18/h2-9,14H,10-13,15H2,1H3. The van der Waals surface area contributed by atoms with E-state index >= 15 is 0 Å². The van der Waals surface area contributed by atoms with Gasteiger partial charge in [-0.15, -0.1) is 5.10 Å². The highest BCUT2D eigenvalue weighted by molar-refractivity contribution is 5.94. The van der Waals surface area contributed by atoms with Gasteiger partial charge in [-0.05, 0) is 41.6 Å². The molecule has 2 aromatic carbocycles. The Morgan fingerprint density at radius 2 is 1.78 bits per heavy atom. The smallest absolute Gasteiger partial charge is 0.253 e. The quantitative estimate of drug-likeness (QED) is 0.709. The number of aromatic nitrogens is 4. The molecule has 1 amide bonds. The number of hydrogen-bond donors (Lipinski definition) is 0. The molecule has 7 nitrogen and oxygen atoms in total. The van der Waals surface area contributed by atoms with Crippen molar-refractivity contribution in [2.75, 3.05) is 26.2 Å². The Morgan fingerprint density at radius 1 is 1.00 bits per heavy atom. The van der Waals surface area contributed by atoms with E-state index in [0.717, 1.165) is 35.7 Å². The summed E-state index contributed by atoms with van der Waals surface area (Å²) < 4.78 is 1.77. The van der Waals surface area contributed by atoms with E-state index in [9.17, 15) is 4.79 Å². The van der Waals surface area contributed by atoms with Crippen LogP contribution in [-0.2, 0) is 6.54 Å². The molecular formula is C20H22N6O. The molecule has 0 spiro atoms. The predicted molar refractivity (Wildman–Crippen MR) is 102 cm³/mol. The summed E-state index contributed by atoms with van der Waals surface area (Å²) >= 11 is 0. The Morgan fingerprint density at radius 3 is 2.52 bits per heavy atom. The zero-order valence-electron chi connectivity index (χ0n) is 15.3. The van der Waals surface area contributed by atoms with Crippen LogP contribution in [0.2, 0.25) is 0 Å². The van der Waals surface area contributed by atoms with E-state index in [-0.39, 0.29) is 5.91 Å². The van der Waals surface area contributed by atoms with Gasteiger partial charge in [0.15, 0.2) is 5.82 Å². The van der Waals surface area contributed by atoms with Gasteiger partial charge in [-0.1, -0.05) is 35.9 Å². The molecule has 0 bridgehead atoms. The van der Waals surface area contributed by atoms with Gasteiger partial charge in [0, 0.05) is 31.7 Å². The Kier molecular flexibility index (Phi) is 4.93. The van der Waals surface area contributed by atoms with Gasteiger partial charge in [-0.3, -0.25) is 9.69 Å². The monoisotopic (exact) mass is 362 g/mol. The maximum absolute atomic E-state index is 12.7. The lowest BCUT2D eigenvalue weighted by atomic mass is 10.1. The highest BCUT2D eigenvalue weighted by Gasteiger charge is 2.23. The number of para-hydroxylation sites is 1. The van der Waals surface area contributed by atoms with Crippen molar-refractivity contribution in [3.8, 4) is 5.69 Å². The topological polar surface area (TPSA) is 67.2 Å². The zero-order valence-corrected chi connectivity index (χ0v) is 15.3. The molecule has 0 unspecified atom stereocenters. The molecule has 2 heterocycles. The summed E-state index contributed by atoms with van der Waals surface area (Å²) in [6.07, 6.45) is 0. The van der Waals surface area contributed by atoms with Gasteiger partial charge in [0.2, 0.25) is 0 Å². The Balaban J connectivity index is 1.38. The van der Waals surface area contributed by atoms with E-state index in [0.29, 0.717) is 19.6 Å². The number of tetrazole rings is 1. The van der Waals surface area contributed by atoms with E-state index in [1.54, 1.807) is 4.68 Å². The lowest BCUT2D eigenvalue weighted by molar-refractivity contribution is 0.0624. The van der Waals surface area contributed by atoms with Crippen LogP contribution in [-0.4, -0.2) is 62.1 Å². The minimum atomic E-state index is 0.104. The molecule has 0 N–H and O–H groups in total. The number of hydrogen-bond acceptors (Lipinski definition) is 5. The fourth-order valence-electron chi connectivity index (χ4n) is 3.34. The maximum atomic E-state index is 12.7. The summed E-state index contributed by atoms with van der Waals surface area (Å²) in [5.74, 6) is 0.909. The van der Waals surface area contributed by atoms with Crippen molar-refractivity contribution in [3.63, 3.8) is 0 Å². The van der Waals surface area contributed by atoms with Gasteiger partial charge in [0.1, 0.15) is 0 Å². The van der Waals surface area contributed by atoms with Crippen molar-refractivity contribution in [1.29, 1.82) is 0 Å². The van der Waals surface area contributed by atoms with E-state index in [1.807, 2.05) is 66.4 Å². The van der Waals surface area contributed by atoms with Crippen molar-refractivity contribution >= 4 is 5.91 Å². The SMILES string of the molecule is Cc1cccc(C(=O)N2CCN(Cc3nnnn3-c3ccccc3)CC2)c1. The molecular weight excluding hydrogens is 340 g/mol. The van der Waals surface area contributed by atoms with E-state index in [4.69, 9.17) is 0 Å². The third-order valence-electron chi connectivity index (χ3n) is 4.82. The predicted octanol–water partition coefficient (Wildman–Crippen LogP) is 1.93. The van der Waals surface area contributed by atoms with Crippen LogP contribution in [0.15, 0.2) is 54.6 Å². The lowest BCUT2D eigenvalue weighted by Crippen LogP contribution is -2.48. The van der Waals surface area contributed by atoms with Gasteiger partial charge >= 0.3 is 0 Å². The first kappa shape index (κ1) is 17.4. The van der Waals surface area contributed by atoms with Crippen LogP contribution in [0, 0.1) is 6.92 Å². The number of aryl methyl sites for hydroxylation is 1. The van der Waals surface area contributed by atoms with Crippen molar-refractivity contribution in [2.45, 2.75) is 13.5 Å². The summed E-state index contributed by atoms with van der Waals surface area (Å²) in [6.45, 7) is 5.69. The average molecular weight is 362 g/mol. The third kappa shape index (κ3) is 3.88. The molecule has 1 aliphatic rings. The molecule has 0 radical (unpaired) electrons. The van der Waals surface area contributed by atoms with Gasteiger partial charge in [0.05, 0.1) is 12.2 Å². The molecule has 1 aromatic heterocycles. The van der Waals surface area contributed by atoms with Crippen LogP contribution in [0.1, 0.15) is 21.7 Å². The number of carbonyl (C=O) groups is 1. The lowest BCUT2D eigenvalue weighted by Gasteiger charge is -2.34. The van der Waals surface area contributed by atoms with Crippen LogP contribution in [0.4, 0.5) is 0 Å². The van der Waals surface area contributed by atoms with Crippen LogP contribution >= 0.6 is 0 Å².